The average molecular weight is 229 g/mol. The van der Waals surface area contributed by atoms with E-state index in [1.54, 1.807) is 13.0 Å². The first-order valence-electron chi connectivity index (χ1n) is 4.26. The molecule has 0 aliphatic carbocycles. The van der Waals surface area contributed by atoms with Gasteiger partial charge >= 0.3 is 5.97 Å². The second-order valence-corrected chi connectivity index (χ2v) is 4.06. The molecule has 3 N–H and O–H groups in total. The molecular weight excluding hydrogens is 218 g/mol. The maximum Gasteiger partial charge on any atom is 0.371 e. The van der Waals surface area contributed by atoms with Crippen molar-refractivity contribution in [3.05, 3.63) is 17.9 Å². The quantitative estimate of drug-likeness (QED) is 0.740. The summed E-state index contributed by atoms with van der Waals surface area (Å²) in [5, 5.41) is 9.06. The van der Waals surface area contributed by atoms with Crippen LogP contribution in [0.25, 0.3) is 0 Å². The number of hydrogen-bond acceptors (Lipinski definition) is 4. The van der Waals surface area contributed by atoms with Gasteiger partial charge < -0.3 is 15.3 Å². The Morgan fingerprint density at radius 1 is 1.60 bits per heavy atom. The Morgan fingerprint density at radius 2 is 2.27 bits per heavy atom. The van der Waals surface area contributed by atoms with Crippen molar-refractivity contribution in [2.24, 2.45) is 11.7 Å². The summed E-state index contributed by atoms with van der Waals surface area (Å²) in [5.41, 5.74) is 5.08. The van der Waals surface area contributed by atoms with Crippen LogP contribution in [0.5, 0.6) is 0 Å². The molecule has 1 aromatic rings. The van der Waals surface area contributed by atoms with Crippen molar-refractivity contribution in [1.82, 2.24) is 0 Å². The van der Waals surface area contributed by atoms with Crippen LogP contribution in [-0.2, 0) is 4.79 Å². The standard InChI is InChI=1S/C9H11NO4S/c1-5(8(10)11)4-15-7-3-2-6(14-7)9(12)13/h2-3,5H,4H2,1H3,(H2,10,11)(H,12,13). The number of aromatic carboxylic acids is 1. The number of carboxylic acids is 1. The molecule has 1 amide bonds. The highest BCUT2D eigenvalue weighted by atomic mass is 32.2. The number of furan rings is 1. The van der Waals surface area contributed by atoms with Gasteiger partial charge in [-0.3, -0.25) is 4.79 Å². The van der Waals surface area contributed by atoms with Crippen LogP contribution in [0.1, 0.15) is 17.5 Å². The van der Waals surface area contributed by atoms with Gasteiger partial charge in [0.05, 0.1) is 0 Å². The van der Waals surface area contributed by atoms with E-state index >= 15 is 0 Å². The number of hydrogen-bond donors (Lipinski definition) is 2. The normalized spacial score (nSPS) is 12.3. The van der Waals surface area contributed by atoms with Crippen LogP contribution in [0.4, 0.5) is 0 Å². The number of amides is 1. The molecule has 0 spiro atoms. The van der Waals surface area contributed by atoms with Gasteiger partial charge in [-0.1, -0.05) is 18.7 Å². The summed E-state index contributed by atoms with van der Waals surface area (Å²) in [7, 11) is 0. The zero-order chi connectivity index (χ0) is 11.4. The number of carboxylic acid groups (broad SMARTS) is 1. The van der Waals surface area contributed by atoms with E-state index in [0.29, 0.717) is 10.8 Å². The van der Waals surface area contributed by atoms with E-state index in [2.05, 4.69) is 0 Å². The third kappa shape index (κ3) is 3.32. The number of thioether (sulfide) groups is 1. The lowest BCUT2D eigenvalue weighted by atomic mass is 10.2. The average Bonchev–Trinajstić information content (AvgIpc) is 2.62. The molecule has 0 bridgehead atoms. The number of nitrogens with two attached hydrogens (primary N) is 1. The molecular formula is C9H11NO4S. The molecule has 5 nitrogen and oxygen atoms in total. The maximum atomic E-state index is 10.7. The highest BCUT2D eigenvalue weighted by Gasteiger charge is 2.12. The van der Waals surface area contributed by atoms with Crippen LogP contribution in [0.3, 0.4) is 0 Å². The van der Waals surface area contributed by atoms with Crippen molar-refractivity contribution in [2.75, 3.05) is 5.75 Å². The molecule has 0 radical (unpaired) electrons. The van der Waals surface area contributed by atoms with E-state index in [0.717, 1.165) is 0 Å². The lowest BCUT2D eigenvalue weighted by Gasteiger charge is -2.03. The largest absolute Gasteiger partial charge is 0.475 e. The summed E-state index contributed by atoms with van der Waals surface area (Å²) in [6.07, 6.45) is 0. The number of primary amides is 1. The first-order chi connectivity index (χ1) is 7.00. The smallest absolute Gasteiger partial charge is 0.371 e. The molecule has 0 aliphatic rings. The molecule has 0 fully saturated rings. The second kappa shape index (κ2) is 4.88. The van der Waals surface area contributed by atoms with Crippen molar-refractivity contribution >= 4 is 23.6 Å². The van der Waals surface area contributed by atoms with Gasteiger partial charge in [-0.05, 0) is 12.1 Å². The summed E-state index contributed by atoms with van der Waals surface area (Å²) in [5.74, 6) is -1.39. The summed E-state index contributed by atoms with van der Waals surface area (Å²) in [6.45, 7) is 1.70. The topological polar surface area (TPSA) is 93.5 Å². The SMILES string of the molecule is CC(CSc1ccc(C(=O)O)o1)C(N)=O. The molecule has 1 aromatic heterocycles. The Kier molecular flexibility index (Phi) is 3.79. The van der Waals surface area contributed by atoms with Gasteiger partial charge in [0.15, 0.2) is 5.09 Å². The molecule has 1 atom stereocenters. The Labute approximate surface area is 90.6 Å². The molecule has 0 aromatic carbocycles. The monoisotopic (exact) mass is 229 g/mol. The van der Waals surface area contributed by atoms with Gasteiger partial charge in [-0.2, -0.15) is 0 Å². The molecule has 82 valence electrons. The number of carbonyl (C=O) groups is 2. The first kappa shape index (κ1) is 11.6. The molecule has 1 unspecified atom stereocenters. The van der Waals surface area contributed by atoms with Crippen LogP contribution in [0, 0.1) is 5.92 Å². The highest BCUT2D eigenvalue weighted by Crippen LogP contribution is 2.23. The summed E-state index contributed by atoms with van der Waals surface area (Å²) < 4.78 is 4.99. The fourth-order valence-corrected chi connectivity index (χ4v) is 1.69. The van der Waals surface area contributed by atoms with Crippen molar-refractivity contribution in [2.45, 2.75) is 12.0 Å². The molecule has 0 aliphatic heterocycles. The first-order valence-corrected chi connectivity index (χ1v) is 5.24. The van der Waals surface area contributed by atoms with Gasteiger partial charge in [-0.25, -0.2) is 4.79 Å². The van der Waals surface area contributed by atoms with E-state index in [1.807, 2.05) is 0 Å². The molecule has 1 heterocycles. The highest BCUT2D eigenvalue weighted by molar-refractivity contribution is 7.99. The zero-order valence-corrected chi connectivity index (χ0v) is 8.91. The van der Waals surface area contributed by atoms with E-state index in [4.69, 9.17) is 15.3 Å². The molecule has 15 heavy (non-hydrogen) atoms. The Morgan fingerprint density at radius 3 is 2.73 bits per heavy atom. The van der Waals surface area contributed by atoms with Crippen LogP contribution in [0.15, 0.2) is 21.6 Å². The minimum absolute atomic E-state index is 0.107. The van der Waals surface area contributed by atoms with Crippen molar-refractivity contribution < 1.29 is 19.1 Å². The summed E-state index contributed by atoms with van der Waals surface area (Å²) in [6, 6.07) is 2.93. The van der Waals surface area contributed by atoms with Crippen LogP contribution < -0.4 is 5.73 Å². The van der Waals surface area contributed by atoms with Crippen LogP contribution >= 0.6 is 11.8 Å². The van der Waals surface area contributed by atoms with Gasteiger partial charge in [-0.15, -0.1) is 0 Å². The minimum Gasteiger partial charge on any atom is -0.475 e. The van der Waals surface area contributed by atoms with Crippen molar-refractivity contribution in [1.29, 1.82) is 0 Å². The fourth-order valence-electron chi connectivity index (χ4n) is 0.802. The molecule has 1 rings (SSSR count). The second-order valence-electron chi connectivity index (χ2n) is 3.04. The van der Waals surface area contributed by atoms with E-state index in [1.165, 1.54) is 17.8 Å². The number of carbonyl (C=O) groups excluding carboxylic acids is 1. The summed E-state index contributed by atoms with van der Waals surface area (Å²) >= 11 is 1.26. The van der Waals surface area contributed by atoms with E-state index in [9.17, 15) is 9.59 Å². The molecule has 6 heteroatoms. The third-order valence-electron chi connectivity index (χ3n) is 1.75. The van der Waals surface area contributed by atoms with Gasteiger partial charge in [0.25, 0.3) is 0 Å². The Balaban J connectivity index is 2.51. The number of rotatable bonds is 5. The van der Waals surface area contributed by atoms with Crippen LogP contribution in [0.2, 0.25) is 0 Å². The van der Waals surface area contributed by atoms with Crippen molar-refractivity contribution in [3.63, 3.8) is 0 Å². The fraction of sp³-hybridized carbons (Fsp3) is 0.333. The van der Waals surface area contributed by atoms with Gasteiger partial charge in [0.1, 0.15) is 0 Å². The van der Waals surface area contributed by atoms with Crippen molar-refractivity contribution in [3.8, 4) is 0 Å². The Hall–Kier alpha value is -1.43. The minimum atomic E-state index is -1.11. The lowest BCUT2D eigenvalue weighted by Crippen LogP contribution is -2.22. The summed E-state index contributed by atoms with van der Waals surface area (Å²) in [4.78, 5) is 21.2. The third-order valence-corrected chi connectivity index (χ3v) is 2.92. The predicted molar refractivity (Wildman–Crippen MR) is 54.7 cm³/mol. The van der Waals surface area contributed by atoms with Crippen LogP contribution in [-0.4, -0.2) is 22.7 Å². The predicted octanol–water partition coefficient (Wildman–Crippen LogP) is 1.19. The van der Waals surface area contributed by atoms with Gasteiger partial charge in [0.2, 0.25) is 11.7 Å². The van der Waals surface area contributed by atoms with E-state index < -0.39 is 5.97 Å². The van der Waals surface area contributed by atoms with E-state index in [-0.39, 0.29) is 17.6 Å². The Bertz CT molecular complexity index is 374. The zero-order valence-electron chi connectivity index (χ0n) is 8.10. The lowest BCUT2D eigenvalue weighted by molar-refractivity contribution is -0.120. The molecule has 0 saturated carbocycles. The molecule has 0 saturated heterocycles. The van der Waals surface area contributed by atoms with Gasteiger partial charge in [0, 0.05) is 11.7 Å². The maximum absolute atomic E-state index is 10.7.